The van der Waals surface area contributed by atoms with Crippen molar-refractivity contribution in [1.29, 1.82) is 0 Å². The molecule has 0 saturated heterocycles. The van der Waals surface area contributed by atoms with E-state index in [1.54, 1.807) is 0 Å². The van der Waals surface area contributed by atoms with E-state index < -0.39 is 4.92 Å². The average Bonchev–Trinajstić information content (AvgIpc) is 2.13. The van der Waals surface area contributed by atoms with Gasteiger partial charge in [-0.15, -0.1) is 0 Å². The third-order valence-corrected chi connectivity index (χ3v) is 1.19. The smallest absolute Gasteiger partial charge is 0.358 e. The topological polar surface area (TPSA) is 84.7 Å². The number of aromatic amines is 1. The highest BCUT2D eigenvalue weighted by Crippen LogP contribution is 2.16. The van der Waals surface area contributed by atoms with E-state index in [9.17, 15) is 10.1 Å². The van der Waals surface area contributed by atoms with Crippen molar-refractivity contribution in [3.05, 3.63) is 14.7 Å². The monoisotopic (exact) mass is 192 g/mol. The van der Waals surface area contributed by atoms with Crippen molar-refractivity contribution < 1.29 is 4.92 Å². The standard InChI is InChI=1S/C2HBrN4O2/c3-1-2(7(8)9)5-6-4-1/h(H,4,5,6). The zero-order chi connectivity index (χ0) is 6.85. The van der Waals surface area contributed by atoms with E-state index >= 15 is 0 Å². The minimum Gasteiger partial charge on any atom is -0.358 e. The molecule has 0 spiro atoms. The Bertz CT molecular complexity index is 232. The number of rotatable bonds is 1. The van der Waals surface area contributed by atoms with E-state index in [2.05, 4.69) is 31.3 Å². The second-order valence-corrected chi connectivity index (χ2v) is 2.00. The molecule has 1 N–H and O–H groups in total. The molecule has 1 heterocycles. The van der Waals surface area contributed by atoms with Crippen LogP contribution in [0.3, 0.4) is 0 Å². The average molecular weight is 193 g/mol. The summed E-state index contributed by atoms with van der Waals surface area (Å²) in [4.78, 5) is 9.30. The molecule has 0 atom stereocenters. The second-order valence-electron chi connectivity index (χ2n) is 1.21. The lowest BCUT2D eigenvalue weighted by molar-refractivity contribution is -0.390. The highest BCUT2D eigenvalue weighted by atomic mass is 79.9. The first-order valence-electron chi connectivity index (χ1n) is 1.92. The van der Waals surface area contributed by atoms with E-state index in [1.807, 2.05) is 0 Å². The first kappa shape index (κ1) is 6.14. The predicted molar refractivity (Wildman–Crippen MR) is 30.7 cm³/mol. The maximum absolute atomic E-state index is 9.94. The number of aromatic nitrogens is 3. The van der Waals surface area contributed by atoms with Crippen molar-refractivity contribution >= 4 is 21.7 Å². The zero-order valence-electron chi connectivity index (χ0n) is 4.04. The van der Waals surface area contributed by atoms with Crippen molar-refractivity contribution in [2.24, 2.45) is 0 Å². The maximum Gasteiger partial charge on any atom is 0.424 e. The van der Waals surface area contributed by atoms with Crippen LogP contribution in [0.25, 0.3) is 0 Å². The third kappa shape index (κ3) is 1.04. The van der Waals surface area contributed by atoms with Gasteiger partial charge in [-0.05, 0) is 20.9 Å². The zero-order valence-corrected chi connectivity index (χ0v) is 5.62. The minimum atomic E-state index is -0.631. The SMILES string of the molecule is O=[N+]([O-])c1nn[nH]c1Br. The lowest BCUT2D eigenvalue weighted by Gasteiger charge is -1.82. The molecule has 1 aromatic rings. The van der Waals surface area contributed by atoms with Crippen molar-refractivity contribution in [3.63, 3.8) is 0 Å². The second kappa shape index (κ2) is 2.09. The van der Waals surface area contributed by atoms with Gasteiger partial charge in [0.15, 0.2) is 0 Å². The molecule has 0 aromatic carbocycles. The molecule has 0 unspecified atom stereocenters. The highest BCUT2D eigenvalue weighted by molar-refractivity contribution is 9.10. The molecule has 7 heteroatoms. The molecule has 0 bridgehead atoms. The molecule has 0 saturated carbocycles. The molecule has 0 radical (unpaired) electrons. The molecule has 0 fully saturated rings. The van der Waals surface area contributed by atoms with Gasteiger partial charge in [-0.3, -0.25) is 0 Å². The summed E-state index contributed by atoms with van der Waals surface area (Å²) in [5.74, 6) is -0.296. The first-order valence-corrected chi connectivity index (χ1v) is 2.72. The van der Waals surface area contributed by atoms with Gasteiger partial charge in [0.2, 0.25) is 4.60 Å². The number of halogens is 1. The van der Waals surface area contributed by atoms with E-state index in [0.717, 1.165) is 0 Å². The van der Waals surface area contributed by atoms with Crippen LogP contribution in [0, 0.1) is 10.1 Å². The van der Waals surface area contributed by atoms with Gasteiger partial charge in [-0.2, -0.15) is 0 Å². The molecule has 9 heavy (non-hydrogen) atoms. The number of H-pyrrole nitrogens is 1. The summed E-state index contributed by atoms with van der Waals surface area (Å²) in [6.45, 7) is 0. The summed E-state index contributed by atoms with van der Waals surface area (Å²) in [7, 11) is 0. The van der Waals surface area contributed by atoms with Gasteiger partial charge < -0.3 is 10.1 Å². The Morgan fingerprint density at radius 2 is 2.44 bits per heavy atom. The summed E-state index contributed by atoms with van der Waals surface area (Å²) in [5.41, 5.74) is 0. The molecule has 0 amide bonds. The van der Waals surface area contributed by atoms with Crippen LogP contribution in [0.1, 0.15) is 0 Å². The Labute approximate surface area is 57.5 Å². The fourth-order valence-electron chi connectivity index (χ4n) is 0.327. The van der Waals surface area contributed by atoms with Gasteiger partial charge >= 0.3 is 5.82 Å². The molecule has 0 aliphatic heterocycles. The summed E-state index contributed by atoms with van der Waals surface area (Å²) in [6, 6.07) is 0. The van der Waals surface area contributed by atoms with Crippen LogP contribution < -0.4 is 0 Å². The van der Waals surface area contributed by atoms with Crippen LogP contribution in [-0.4, -0.2) is 20.3 Å². The Balaban J connectivity index is 3.08. The minimum absolute atomic E-state index is 0.188. The number of hydrogen-bond acceptors (Lipinski definition) is 4. The van der Waals surface area contributed by atoms with Gasteiger partial charge in [0, 0.05) is 0 Å². The molecular formula is C2HBrN4O2. The summed E-state index contributed by atoms with van der Waals surface area (Å²) >= 11 is 2.84. The molecule has 48 valence electrons. The van der Waals surface area contributed by atoms with Gasteiger partial charge in [0.25, 0.3) is 0 Å². The van der Waals surface area contributed by atoms with Crippen LogP contribution in [0.4, 0.5) is 5.82 Å². The van der Waals surface area contributed by atoms with Crippen molar-refractivity contribution in [2.45, 2.75) is 0 Å². The largest absolute Gasteiger partial charge is 0.424 e. The first-order chi connectivity index (χ1) is 4.22. The summed E-state index contributed by atoms with van der Waals surface area (Å²) in [5, 5.41) is 18.5. The predicted octanol–water partition coefficient (Wildman–Crippen LogP) is 0.475. The van der Waals surface area contributed by atoms with E-state index in [-0.39, 0.29) is 10.4 Å². The number of hydrogen-bond donors (Lipinski definition) is 1. The van der Waals surface area contributed by atoms with Gasteiger partial charge in [-0.1, -0.05) is 0 Å². The Morgan fingerprint density at radius 1 is 1.78 bits per heavy atom. The van der Waals surface area contributed by atoms with Crippen molar-refractivity contribution in [2.75, 3.05) is 0 Å². The quantitative estimate of drug-likeness (QED) is 0.518. The van der Waals surface area contributed by atoms with Gasteiger partial charge in [0.1, 0.15) is 5.10 Å². The molecule has 1 rings (SSSR count). The van der Waals surface area contributed by atoms with Crippen molar-refractivity contribution in [3.8, 4) is 0 Å². The normalized spacial score (nSPS) is 9.44. The molecule has 0 aliphatic rings. The van der Waals surface area contributed by atoms with Crippen LogP contribution in [0.5, 0.6) is 0 Å². The van der Waals surface area contributed by atoms with Crippen LogP contribution in [-0.2, 0) is 0 Å². The fourth-order valence-corrected chi connectivity index (χ4v) is 0.630. The Hall–Kier alpha value is -0.980. The number of nitrogens with one attached hydrogen (secondary N) is 1. The van der Waals surface area contributed by atoms with E-state index in [1.165, 1.54) is 0 Å². The lowest BCUT2D eigenvalue weighted by Crippen LogP contribution is -1.87. The van der Waals surface area contributed by atoms with Gasteiger partial charge in [0.05, 0.1) is 5.21 Å². The Kier molecular flexibility index (Phi) is 1.43. The fraction of sp³-hybridized carbons (Fsp3) is 0. The lowest BCUT2D eigenvalue weighted by atomic mass is 10.8. The Morgan fingerprint density at radius 3 is 2.67 bits per heavy atom. The van der Waals surface area contributed by atoms with E-state index in [4.69, 9.17) is 0 Å². The molecule has 1 aromatic heterocycles. The van der Waals surface area contributed by atoms with Crippen LogP contribution in [0.2, 0.25) is 0 Å². The number of nitro groups is 1. The summed E-state index contributed by atoms with van der Waals surface area (Å²) in [6.07, 6.45) is 0. The molecule has 6 nitrogen and oxygen atoms in total. The third-order valence-electron chi connectivity index (χ3n) is 0.662. The van der Waals surface area contributed by atoms with Crippen LogP contribution in [0.15, 0.2) is 4.60 Å². The number of nitrogens with zero attached hydrogens (tertiary/aromatic N) is 3. The molecular weight excluding hydrogens is 192 g/mol. The van der Waals surface area contributed by atoms with Gasteiger partial charge in [-0.25, -0.2) is 5.10 Å². The van der Waals surface area contributed by atoms with Crippen LogP contribution >= 0.6 is 15.9 Å². The maximum atomic E-state index is 9.94. The summed E-state index contributed by atoms with van der Waals surface area (Å²) < 4.78 is 0.188. The van der Waals surface area contributed by atoms with Crippen molar-refractivity contribution in [1.82, 2.24) is 15.4 Å². The molecule has 0 aliphatic carbocycles. The highest BCUT2D eigenvalue weighted by Gasteiger charge is 2.15. The van der Waals surface area contributed by atoms with E-state index in [0.29, 0.717) is 0 Å².